The van der Waals surface area contributed by atoms with E-state index in [-0.39, 0.29) is 18.6 Å². The van der Waals surface area contributed by atoms with E-state index in [1.807, 2.05) is 0 Å². The fourth-order valence-corrected chi connectivity index (χ4v) is 3.72. The number of nitrogens with two attached hydrogens (primary N) is 2. The highest BCUT2D eigenvalue weighted by Crippen LogP contribution is 2.12. The third-order valence-corrected chi connectivity index (χ3v) is 5.96. The SMILES string of the molecule is CC(NC(=O)C(Cc1ccc(O)cc1)NC(=O)C(N)CCCCN)C(=O)NC(Cc1ccccc1)C(=O)O. The van der Waals surface area contributed by atoms with Gasteiger partial charge >= 0.3 is 5.97 Å². The molecule has 0 heterocycles. The lowest BCUT2D eigenvalue weighted by Crippen LogP contribution is -2.57. The van der Waals surface area contributed by atoms with Crippen LogP contribution in [0.2, 0.25) is 0 Å². The van der Waals surface area contributed by atoms with Crippen LogP contribution >= 0.6 is 0 Å². The van der Waals surface area contributed by atoms with Gasteiger partial charge in [0.15, 0.2) is 0 Å². The Morgan fingerprint density at radius 1 is 0.789 bits per heavy atom. The van der Waals surface area contributed by atoms with Gasteiger partial charge in [0.2, 0.25) is 17.7 Å². The maximum atomic E-state index is 13.1. The van der Waals surface area contributed by atoms with Crippen molar-refractivity contribution in [1.29, 1.82) is 0 Å². The zero-order valence-electron chi connectivity index (χ0n) is 21.4. The molecule has 206 valence electrons. The van der Waals surface area contributed by atoms with Crippen molar-refractivity contribution in [2.45, 2.75) is 63.2 Å². The molecule has 0 aliphatic carbocycles. The molecule has 0 saturated heterocycles. The number of benzene rings is 2. The highest BCUT2D eigenvalue weighted by atomic mass is 16.4. The van der Waals surface area contributed by atoms with Crippen molar-refractivity contribution in [3.05, 3.63) is 65.7 Å². The van der Waals surface area contributed by atoms with Crippen LogP contribution in [0, 0.1) is 0 Å². The van der Waals surface area contributed by atoms with Crippen LogP contribution in [0.25, 0.3) is 0 Å². The topological polar surface area (TPSA) is 197 Å². The number of amides is 3. The number of carbonyl (C=O) groups is 4. The predicted molar refractivity (Wildman–Crippen MR) is 142 cm³/mol. The summed E-state index contributed by atoms with van der Waals surface area (Å²) in [7, 11) is 0. The van der Waals surface area contributed by atoms with Gasteiger partial charge < -0.3 is 37.6 Å². The Hall–Kier alpha value is -3.96. The monoisotopic (exact) mass is 527 g/mol. The summed E-state index contributed by atoms with van der Waals surface area (Å²) in [4.78, 5) is 50.3. The van der Waals surface area contributed by atoms with Crippen molar-refractivity contribution in [1.82, 2.24) is 16.0 Å². The summed E-state index contributed by atoms with van der Waals surface area (Å²) in [5.41, 5.74) is 12.9. The number of phenols is 1. The van der Waals surface area contributed by atoms with Crippen molar-refractivity contribution in [3.8, 4) is 5.75 Å². The van der Waals surface area contributed by atoms with Gasteiger partial charge in [-0.05, 0) is 49.6 Å². The summed E-state index contributed by atoms with van der Waals surface area (Å²) in [6.07, 6.45) is 1.92. The van der Waals surface area contributed by atoms with Gasteiger partial charge in [-0.25, -0.2) is 4.79 Å². The Kier molecular flexibility index (Phi) is 12.2. The summed E-state index contributed by atoms with van der Waals surface area (Å²) in [5, 5.41) is 26.8. The number of carboxylic acids is 1. The number of aliphatic carboxylic acids is 1. The lowest BCUT2D eigenvalue weighted by molar-refractivity contribution is -0.142. The second-order valence-corrected chi connectivity index (χ2v) is 9.14. The molecular weight excluding hydrogens is 490 g/mol. The molecule has 0 radical (unpaired) electrons. The molecule has 0 fully saturated rings. The highest BCUT2D eigenvalue weighted by molar-refractivity contribution is 5.94. The third kappa shape index (κ3) is 10.2. The van der Waals surface area contributed by atoms with Crippen molar-refractivity contribution in [2.75, 3.05) is 6.54 Å². The fourth-order valence-electron chi connectivity index (χ4n) is 3.72. The molecule has 11 nitrogen and oxygen atoms in total. The van der Waals surface area contributed by atoms with E-state index in [1.165, 1.54) is 19.1 Å². The number of hydrogen-bond acceptors (Lipinski definition) is 7. The minimum absolute atomic E-state index is 0.0505. The van der Waals surface area contributed by atoms with Crippen LogP contribution in [0.4, 0.5) is 0 Å². The van der Waals surface area contributed by atoms with Crippen molar-refractivity contribution < 1.29 is 29.4 Å². The van der Waals surface area contributed by atoms with E-state index >= 15 is 0 Å². The lowest BCUT2D eigenvalue weighted by atomic mass is 10.0. The van der Waals surface area contributed by atoms with Crippen LogP contribution in [0.3, 0.4) is 0 Å². The molecule has 9 N–H and O–H groups in total. The molecule has 2 aromatic carbocycles. The van der Waals surface area contributed by atoms with Gasteiger partial charge in [-0.2, -0.15) is 0 Å². The number of aromatic hydroxyl groups is 1. The highest BCUT2D eigenvalue weighted by Gasteiger charge is 2.28. The van der Waals surface area contributed by atoms with Crippen molar-refractivity contribution in [2.24, 2.45) is 11.5 Å². The molecule has 0 aromatic heterocycles. The van der Waals surface area contributed by atoms with Gasteiger partial charge in [-0.3, -0.25) is 14.4 Å². The first kappa shape index (κ1) is 30.3. The summed E-state index contributed by atoms with van der Waals surface area (Å²) in [5.74, 6) is -3.00. The first-order valence-corrected chi connectivity index (χ1v) is 12.5. The van der Waals surface area contributed by atoms with E-state index in [1.54, 1.807) is 42.5 Å². The Morgan fingerprint density at radius 2 is 1.37 bits per heavy atom. The van der Waals surface area contributed by atoms with E-state index in [9.17, 15) is 29.4 Å². The van der Waals surface area contributed by atoms with Crippen molar-refractivity contribution >= 4 is 23.7 Å². The molecule has 3 amide bonds. The van der Waals surface area contributed by atoms with Crippen LogP contribution in [-0.4, -0.2) is 64.6 Å². The Bertz CT molecular complexity index is 1060. The molecule has 4 unspecified atom stereocenters. The number of unbranched alkanes of at least 4 members (excludes halogenated alkanes) is 1. The summed E-state index contributed by atoms with van der Waals surface area (Å²) in [6.45, 7) is 1.90. The number of phenolic OH excluding ortho intramolecular Hbond substituents is 1. The van der Waals surface area contributed by atoms with Crippen molar-refractivity contribution in [3.63, 3.8) is 0 Å². The maximum Gasteiger partial charge on any atom is 0.326 e. The number of carbonyl (C=O) groups excluding carboxylic acids is 3. The van der Waals surface area contributed by atoms with Gasteiger partial charge in [0.05, 0.1) is 6.04 Å². The number of rotatable bonds is 15. The summed E-state index contributed by atoms with van der Waals surface area (Å²) >= 11 is 0. The minimum Gasteiger partial charge on any atom is -0.508 e. The molecular formula is C27H37N5O6. The van der Waals surface area contributed by atoms with Crippen LogP contribution in [0.5, 0.6) is 5.75 Å². The first-order chi connectivity index (χ1) is 18.1. The molecule has 2 rings (SSSR count). The van der Waals surface area contributed by atoms with Gasteiger partial charge in [0.1, 0.15) is 23.9 Å². The number of nitrogens with one attached hydrogen (secondary N) is 3. The van der Waals surface area contributed by atoms with E-state index in [0.717, 1.165) is 5.56 Å². The summed E-state index contributed by atoms with van der Waals surface area (Å²) in [6, 6.07) is 10.8. The second kappa shape index (κ2) is 15.3. The molecule has 0 aliphatic rings. The maximum absolute atomic E-state index is 13.1. The Balaban J connectivity index is 2.07. The Morgan fingerprint density at radius 3 is 1.97 bits per heavy atom. The largest absolute Gasteiger partial charge is 0.508 e. The normalized spacial score (nSPS) is 14.0. The molecule has 0 aliphatic heterocycles. The van der Waals surface area contributed by atoms with Crippen LogP contribution in [0.15, 0.2) is 54.6 Å². The first-order valence-electron chi connectivity index (χ1n) is 12.5. The molecule has 0 spiro atoms. The molecule has 2 aromatic rings. The fraction of sp³-hybridized carbons (Fsp3) is 0.407. The summed E-state index contributed by atoms with van der Waals surface area (Å²) < 4.78 is 0. The smallest absolute Gasteiger partial charge is 0.326 e. The molecule has 11 heteroatoms. The van der Waals surface area contributed by atoms with E-state index in [2.05, 4.69) is 16.0 Å². The zero-order valence-corrected chi connectivity index (χ0v) is 21.4. The number of carboxylic acid groups (broad SMARTS) is 1. The van der Waals surface area contributed by atoms with E-state index in [4.69, 9.17) is 11.5 Å². The van der Waals surface area contributed by atoms with Crippen LogP contribution in [-0.2, 0) is 32.0 Å². The van der Waals surface area contributed by atoms with Gasteiger partial charge in [0.25, 0.3) is 0 Å². The minimum atomic E-state index is -1.21. The zero-order chi connectivity index (χ0) is 28.1. The molecule has 38 heavy (non-hydrogen) atoms. The average molecular weight is 528 g/mol. The predicted octanol–water partition coefficient (Wildman–Crippen LogP) is 0.193. The molecule has 0 bridgehead atoms. The van der Waals surface area contributed by atoms with Crippen LogP contribution < -0.4 is 27.4 Å². The standard InChI is InChI=1S/C27H37N5O6/c1-17(24(34)32-23(27(37)38)16-18-7-3-2-4-8-18)30-26(36)22(15-19-10-12-20(33)13-11-19)31-25(35)21(29)9-5-6-14-28/h2-4,7-8,10-13,17,21-23,33H,5-6,9,14-16,28-29H2,1H3,(H,30,36)(H,31,35)(H,32,34)(H,37,38). The van der Waals surface area contributed by atoms with E-state index in [0.29, 0.717) is 31.4 Å². The quantitative estimate of drug-likeness (QED) is 0.159. The van der Waals surface area contributed by atoms with E-state index < -0.39 is 47.9 Å². The molecule has 4 atom stereocenters. The lowest BCUT2D eigenvalue weighted by Gasteiger charge is -2.24. The van der Waals surface area contributed by atoms with Gasteiger partial charge in [-0.1, -0.05) is 48.9 Å². The van der Waals surface area contributed by atoms with Gasteiger partial charge in [-0.15, -0.1) is 0 Å². The van der Waals surface area contributed by atoms with Gasteiger partial charge in [0, 0.05) is 12.8 Å². The number of hydrogen-bond donors (Lipinski definition) is 7. The third-order valence-electron chi connectivity index (χ3n) is 5.96. The van der Waals surface area contributed by atoms with Crippen LogP contribution in [0.1, 0.15) is 37.3 Å². The Labute approximate surface area is 222 Å². The molecule has 0 saturated carbocycles. The second-order valence-electron chi connectivity index (χ2n) is 9.14. The average Bonchev–Trinajstić information content (AvgIpc) is 2.89.